The maximum atomic E-state index is 14.2. The number of anilines is 1. The van der Waals surface area contributed by atoms with E-state index in [1.807, 2.05) is 58.2 Å². The smallest absolute Gasteiger partial charge is 0.264 e. The van der Waals surface area contributed by atoms with Crippen molar-refractivity contribution >= 4 is 39.3 Å². The van der Waals surface area contributed by atoms with Gasteiger partial charge >= 0.3 is 0 Å². The summed E-state index contributed by atoms with van der Waals surface area (Å²) >= 11 is 1.50. The Bertz CT molecular complexity index is 1460. The van der Waals surface area contributed by atoms with Gasteiger partial charge in [-0.1, -0.05) is 50.2 Å². The van der Waals surface area contributed by atoms with Crippen LogP contribution in [0.2, 0.25) is 0 Å². The van der Waals surface area contributed by atoms with E-state index in [4.69, 9.17) is 4.74 Å². The SMILES string of the molecule is CCOc1ccccc1N(CC(=O)N(Cc1ccccc1C)[C@@H](C)C(=O)NCC(C)C)S(=O)(=O)c1ccc(SC)cc1. The van der Waals surface area contributed by atoms with Gasteiger partial charge < -0.3 is 15.0 Å². The van der Waals surface area contributed by atoms with Crippen molar-refractivity contribution in [1.82, 2.24) is 10.2 Å². The van der Waals surface area contributed by atoms with E-state index in [-0.39, 0.29) is 29.0 Å². The van der Waals surface area contributed by atoms with Gasteiger partial charge in [0.15, 0.2) is 0 Å². The molecule has 0 saturated heterocycles. The molecule has 0 aliphatic carbocycles. The zero-order valence-electron chi connectivity index (χ0n) is 25.2. The van der Waals surface area contributed by atoms with Gasteiger partial charge in [0.2, 0.25) is 11.8 Å². The van der Waals surface area contributed by atoms with Gasteiger partial charge in [-0.3, -0.25) is 13.9 Å². The van der Waals surface area contributed by atoms with Crippen LogP contribution in [0, 0.1) is 12.8 Å². The van der Waals surface area contributed by atoms with Crippen molar-refractivity contribution in [3.63, 3.8) is 0 Å². The molecule has 0 saturated carbocycles. The van der Waals surface area contributed by atoms with Crippen LogP contribution in [-0.2, 0) is 26.2 Å². The minimum Gasteiger partial charge on any atom is -0.492 e. The first-order chi connectivity index (χ1) is 20.0. The van der Waals surface area contributed by atoms with Gasteiger partial charge in [0.1, 0.15) is 18.3 Å². The van der Waals surface area contributed by atoms with Crippen molar-refractivity contribution in [2.24, 2.45) is 5.92 Å². The van der Waals surface area contributed by atoms with Crippen LogP contribution in [0.25, 0.3) is 0 Å². The summed E-state index contributed by atoms with van der Waals surface area (Å²) in [5, 5.41) is 2.91. The van der Waals surface area contributed by atoms with Crippen LogP contribution in [0.3, 0.4) is 0 Å². The molecule has 42 heavy (non-hydrogen) atoms. The number of rotatable bonds is 14. The Kier molecular flexibility index (Phi) is 11.9. The van der Waals surface area contributed by atoms with Crippen molar-refractivity contribution in [2.75, 3.05) is 30.3 Å². The molecule has 0 bridgehead atoms. The number of hydrogen-bond donors (Lipinski definition) is 1. The van der Waals surface area contributed by atoms with E-state index in [9.17, 15) is 18.0 Å². The lowest BCUT2D eigenvalue weighted by Gasteiger charge is -2.32. The number of thioether (sulfide) groups is 1. The molecule has 0 aliphatic rings. The number of benzene rings is 3. The third kappa shape index (κ3) is 8.29. The molecule has 0 fully saturated rings. The first-order valence-electron chi connectivity index (χ1n) is 14.0. The largest absolute Gasteiger partial charge is 0.492 e. The van der Waals surface area contributed by atoms with E-state index in [0.29, 0.717) is 18.9 Å². The Morgan fingerprint density at radius 3 is 2.21 bits per heavy atom. The molecular formula is C32H41N3O5S2. The van der Waals surface area contributed by atoms with E-state index in [1.54, 1.807) is 43.3 Å². The summed E-state index contributed by atoms with van der Waals surface area (Å²) in [5.41, 5.74) is 2.07. The number of para-hydroxylation sites is 2. The molecule has 226 valence electrons. The van der Waals surface area contributed by atoms with E-state index in [1.165, 1.54) is 28.8 Å². The fourth-order valence-corrected chi connectivity index (χ4v) is 6.17. The quantitative estimate of drug-likeness (QED) is 0.242. The molecule has 3 aromatic rings. The fourth-order valence-electron chi connectivity index (χ4n) is 4.34. The van der Waals surface area contributed by atoms with Crippen LogP contribution in [0.15, 0.2) is 82.6 Å². The van der Waals surface area contributed by atoms with Crippen LogP contribution < -0.4 is 14.4 Å². The summed E-state index contributed by atoms with van der Waals surface area (Å²) in [4.78, 5) is 29.8. The number of hydrogen-bond acceptors (Lipinski definition) is 6. The van der Waals surface area contributed by atoms with Crippen molar-refractivity contribution in [2.45, 2.75) is 57.0 Å². The first-order valence-corrected chi connectivity index (χ1v) is 16.7. The van der Waals surface area contributed by atoms with Crippen LogP contribution in [0.4, 0.5) is 5.69 Å². The maximum absolute atomic E-state index is 14.2. The number of nitrogens with one attached hydrogen (secondary N) is 1. The second kappa shape index (κ2) is 15.1. The molecule has 0 aliphatic heterocycles. The van der Waals surface area contributed by atoms with Gasteiger partial charge in [0.25, 0.3) is 10.0 Å². The zero-order valence-corrected chi connectivity index (χ0v) is 26.8. The van der Waals surface area contributed by atoms with Gasteiger partial charge in [-0.15, -0.1) is 11.8 Å². The van der Waals surface area contributed by atoms with Crippen molar-refractivity contribution in [3.8, 4) is 5.75 Å². The van der Waals surface area contributed by atoms with Crippen molar-refractivity contribution in [1.29, 1.82) is 0 Å². The van der Waals surface area contributed by atoms with E-state index in [0.717, 1.165) is 20.3 Å². The molecule has 2 amide bonds. The topological polar surface area (TPSA) is 96.0 Å². The summed E-state index contributed by atoms with van der Waals surface area (Å²) in [7, 11) is -4.20. The van der Waals surface area contributed by atoms with Crippen LogP contribution in [-0.4, -0.2) is 57.1 Å². The number of carbonyl (C=O) groups is 2. The van der Waals surface area contributed by atoms with Gasteiger partial charge in [0.05, 0.1) is 17.2 Å². The summed E-state index contributed by atoms with van der Waals surface area (Å²) in [6.07, 6.45) is 1.91. The Labute approximate surface area is 254 Å². The molecule has 3 aromatic carbocycles. The molecule has 1 N–H and O–H groups in total. The Balaban J connectivity index is 2.08. The average molecular weight is 612 g/mol. The van der Waals surface area contributed by atoms with Crippen molar-refractivity contribution in [3.05, 3.63) is 83.9 Å². The minimum atomic E-state index is -4.20. The van der Waals surface area contributed by atoms with Crippen LogP contribution in [0.1, 0.15) is 38.8 Å². The number of amides is 2. The highest BCUT2D eigenvalue weighted by molar-refractivity contribution is 7.98. The molecule has 0 radical (unpaired) electrons. The normalized spacial score (nSPS) is 12.1. The minimum absolute atomic E-state index is 0.0487. The molecule has 3 rings (SSSR count). The summed E-state index contributed by atoms with van der Waals surface area (Å²) in [5.74, 6) is -0.247. The van der Waals surface area contributed by atoms with E-state index in [2.05, 4.69) is 5.32 Å². The van der Waals surface area contributed by atoms with Gasteiger partial charge in [-0.25, -0.2) is 8.42 Å². The van der Waals surface area contributed by atoms with Gasteiger partial charge in [-0.2, -0.15) is 0 Å². The standard InChI is InChI=1S/C32H41N3O5S2/c1-7-40-30-15-11-10-14-29(30)35(42(38,39)28-18-16-27(41-6)17-19-28)22-31(36)34(21-26-13-9-8-12-24(26)4)25(5)32(37)33-20-23(2)3/h8-19,23,25H,7,20-22H2,1-6H3,(H,33,37)/t25-/m0/s1. The lowest BCUT2D eigenvalue weighted by atomic mass is 10.1. The molecule has 1 atom stereocenters. The zero-order chi connectivity index (χ0) is 30.9. The van der Waals surface area contributed by atoms with E-state index < -0.39 is 28.5 Å². The molecule has 0 aromatic heterocycles. The highest BCUT2D eigenvalue weighted by Gasteiger charge is 2.34. The summed E-state index contributed by atoms with van der Waals surface area (Å²) < 4.78 is 35.2. The predicted molar refractivity (Wildman–Crippen MR) is 169 cm³/mol. The average Bonchev–Trinajstić information content (AvgIpc) is 2.98. The van der Waals surface area contributed by atoms with Crippen LogP contribution >= 0.6 is 11.8 Å². The lowest BCUT2D eigenvalue weighted by molar-refractivity contribution is -0.139. The molecule has 0 spiro atoms. The molecule has 0 unspecified atom stereocenters. The number of carbonyl (C=O) groups excluding carboxylic acids is 2. The third-order valence-electron chi connectivity index (χ3n) is 6.81. The summed E-state index contributed by atoms with van der Waals surface area (Å²) in [6, 6.07) is 20.1. The molecular weight excluding hydrogens is 571 g/mol. The Hall–Kier alpha value is -3.50. The number of ether oxygens (including phenoxy) is 1. The molecule has 0 heterocycles. The second-order valence-corrected chi connectivity index (χ2v) is 13.1. The van der Waals surface area contributed by atoms with Crippen molar-refractivity contribution < 1.29 is 22.7 Å². The Morgan fingerprint density at radius 1 is 0.952 bits per heavy atom. The Morgan fingerprint density at radius 2 is 1.60 bits per heavy atom. The number of nitrogens with zero attached hydrogens (tertiary/aromatic N) is 2. The number of aryl methyl sites for hydroxylation is 1. The second-order valence-electron chi connectivity index (χ2n) is 10.4. The van der Waals surface area contributed by atoms with Crippen LogP contribution in [0.5, 0.6) is 5.75 Å². The van der Waals surface area contributed by atoms with E-state index >= 15 is 0 Å². The third-order valence-corrected chi connectivity index (χ3v) is 9.33. The fraction of sp³-hybridized carbons (Fsp3) is 0.375. The molecule has 8 nitrogen and oxygen atoms in total. The van der Waals surface area contributed by atoms with Gasteiger partial charge in [0, 0.05) is 18.0 Å². The summed E-state index contributed by atoms with van der Waals surface area (Å²) in [6.45, 7) is 9.79. The highest BCUT2D eigenvalue weighted by Crippen LogP contribution is 2.33. The predicted octanol–water partition coefficient (Wildman–Crippen LogP) is 5.50. The first kappa shape index (κ1) is 33.0. The lowest BCUT2D eigenvalue weighted by Crippen LogP contribution is -2.51. The van der Waals surface area contributed by atoms with Gasteiger partial charge in [-0.05, 0) is 80.5 Å². The molecule has 10 heteroatoms. The monoisotopic (exact) mass is 611 g/mol. The highest BCUT2D eigenvalue weighted by atomic mass is 32.2. The maximum Gasteiger partial charge on any atom is 0.264 e. The number of sulfonamides is 1.